The number of aromatic nitrogens is 1. The first-order valence-corrected chi connectivity index (χ1v) is 14.1. The number of hydrogen-bond acceptors (Lipinski definition) is 6. The SMILES string of the molecule is CCCN1C(=O)[C@@H]2[C@@H](CC(C)=C3[C@@H](CC/C(=C/c4cc(Br)ccc4O)c4ccccn4)OB(O)C[C@@H]32)C1=O. The Morgan fingerprint density at radius 2 is 2.05 bits per heavy atom. The number of benzene rings is 1. The molecule has 1 aliphatic carbocycles. The number of halogens is 1. The van der Waals surface area contributed by atoms with Gasteiger partial charge in [0.25, 0.3) is 0 Å². The number of allylic oxidation sites excluding steroid dienone is 2. The van der Waals surface area contributed by atoms with Crippen LogP contribution in [0, 0.1) is 17.8 Å². The molecule has 9 heteroatoms. The van der Waals surface area contributed by atoms with E-state index in [1.54, 1.807) is 18.3 Å². The Labute approximate surface area is 231 Å². The molecule has 0 saturated carbocycles. The van der Waals surface area contributed by atoms with Gasteiger partial charge < -0.3 is 14.8 Å². The van der Waals surface area contributed by atoms with E-state index in [0.717, 1.165) is 33.3 Å². The number of carbonyl (C=O) groups is 2. The number of nitrogens with zero attached hydrogens (tertiary/aromatic N) is 2. The molecule has 5 rings (SSSR count). The molecular formula is C29H32BBrN2O5. The fourth-order valence-corrected chi connectivity index (χ4v) is 6.75. The van der Waals surface area contributed by atoms with E-state index in [4.69, 9.17) is 4.65 Å². The zero-order valence-corrected chi connectivity index (χ0v) is 23.2. The molecule has 0 unspecified atom stereocenters. The molecule has 4 atom stereocenters. The number of aromatic hydroxyl groups is 1. The summed E-state index contributed by atoms with van der Waals surface area (Å²) in [5, 5.41) is 21.2. The zero-order valence-electron chi connectivity index (χ0n) is 21.6. The molecule has 198 valence electrons. The summed E-state index contributed by atoms with van der Waals surface area (Å²) in [5.41, 5.74) is 4.53. The smallest absolute Gasteiger partial charge is 0.455 e. The molecule has 3 aliphatic rings. The third-order valence-electron chi connectivity index (χ3n) is 7.98. The number of hydrogen-bond donors (Lipinski definition) is 2. The molecule has 1 aromatic carbocycles. The van der Waals surface area contributed by atoms with Crippen LogP contribution in [0.5, 0.6) is 5.75 Å². The lowest BCUT2D eigenvalue weighted by Gasteiger charge is -2.42. The highest BCUT2D eigenvalue weighted by Gasteiger charge is 2.56. The Morgan fingerprint density at radius 3 is 2.79 bits per heavy atom. The third kappa shape index (κ3) is 5.11. The van der Waals surface area contributed by atoms with Crippen LogP contribution in [0.15, 0.2) is 58.2 Å². The predicted octanol–water partition coefficient (Wildman–Crippen LogP) is 5.10. The summed E-state index contributed by atoms with van der Waals surface area (Å²) in [6.07, 6.45) is 6.02. The predicted molar refractivity (Wildman–Crippen MR) is 150 cm³/mol. The van der Waals surface area contributed by atoms with Gasteiger partial charge in [0.2, 0.25) is 11.8 Å². The maximum absolute atomic E-state index is 13.3. The van der Waals surface area contributed by atoms with Gasteiger partial charge in [-0.2, -0.15) is 0 Å². The van der Waals surface area contributed by atoms with Crippen LogP contribution in [0.4, 0.5) is 0 Å². The van der Waals surface area contributed by atoms with Crippen molar-refractivity contribution in [1.29, 1.82) is 0 Å². The van der Waals surface area contributed by atoms with Gasteiger partial charge in [-0.3, -0.25) is 19.5 Å². The maximum Gasteiger partial charge on any atom is 0.455 e. The lowest BCUT2D eigenvalue weighted by molar-refractivity contribution is -0.140. The lowest BCUT2D eigenvalue weighted by Crippen LogP contribution is -2.46. The van der Waals surface area contributed by atoms with E-state index in [2.05, 4.69) is 20.9 Å². The van der Waals surface area contributed by atoms with Crippen molar-refractivity contribution >= 4 is 46.5 Å². The number of imide groups is 1. The molecule has 38 heavy (non-hydrogen) atoms. The van der Waals surface area contributed by atoms with Crippen molar-refractivity contribution in [2.75, 3.05) is 6.54 Å². The van der Waals surface area contributed by atoms with Gasteiger partial charge in [0.1, 0.15) is 5.75 Å². The van der Waals surface area contributed by atoms with Gasteiger partial charge >= 0.3 is 7.12 Å². The summed E-state index contributed by atoms with van der Waals surface area (Å²) in [4.78, 5) is 32.4. The summed E-state index contributed by atoms with van der Waals surface area (Å²) >= 11 is 3.48. The topological polar surface area (TPSA) is 100.0 Å². The van der Waals surface area contributed by atoms with Gasteiger partial charge in [0.15, 0.2) is 0 Å². The largest absolute Gasteiger partial charge is 0.507 e. The molecule has 7 nitrogen and oxygen atoms in total. The second-order valence-electron chi connectivity index (χ2n) is 10.4. The second-order valence-corrected chi connectivity index (χ2v) is 11.4. The number of pyridine rings is 1. The fraction of sp³-hybridized carbons (Fsp3) is 0.414. The van der Waals surface area contributed by atoms with Crippen molar-refractivity contribution in [3.8, 4) is 5.75 Å². The average Bonchev–Trinajstić information content (AvgIpc) is 3.13. The van der Waals surface area contributed by atoms with Crippen molar-refractivity contribution < 1.29 is 24.4 Å². The molecular weight excluding hydrogens is 547 g/mol. The van der Waals surface area contributed by atoms with Gasteiger partial charge in [-0.15, -0.1) is 0 Å². The highest BCUT2D eigenvalue weighted by atomic mass is 79.9. The van der Waals surface area contributed by atoms with E-state index in [0.29, 0.717) is 37.7 Å². The normalized spacial score (nSPS) is 25.6. The van der Waals surface area contributed by atoms with E-state index in [9.17, 15) is 19.7 Å². The quantitative estimate of drug-likeness (QED) is 0.269. The van der Waals surface area contributed by atoms with Crippen LogP contribution in [0.25, 0.3) is 11.6 Å². The van der Waals surface area contributed by atoms with Crippen molar-refractivity contribution in [3.05, 3.63) is 69.5 Å². The number of phenolic OH excluding ortho intramolecular Hbond substituents is 1. The molecule has 2 saturated heterocycles. The van der Waals surface area contributed by atoms with Crippen LogP contribution < -0.4 is 0 Å². The lowest BCUT2D eigenvalue weighted by atomic mass is 9.58. The molecule has 0 radical (unpaired) electrons. The standard InChI is InChI=1S/C29H32BBrN2O5/c1-3-12-33-28(35)21-13-17(2)26-22(27(21)29(33)36)16-30(37)38-25(26)10-7-18(23-6-4-5-11-32-23)14-19-15-20(31)8-9-24(19)34/h4-6,8-9,11,14-15,21-22,25,27,34,37H,3,7,10,12-13,16H2,1-2H3/b18-14-/t21-,22+,25-,27-/m1/s1. The average molecular weight is 579 g/mol. The Balaban J connectivity index is 1.44. The van der Waals surface area contributed by atoms with Gasteiger partial charge in [-0.25, -0.2) is 0 Å². The monoisotopic (exact) mass is 578 g/mol. The first-order valence-electron chi connectivity index (χ1n) is 13.3. The molecule has 2 fully saturated rings. The van der Waals surface area contributed by atoms with E-state index in [-0.39, 0.29) is 35.5 Å². The van der Waals surface area contributed by atoms with E-state index in [1.807, 2.05) is 44.2 Å². The van der Waals surface area contributed by atoms with Crippen LogP contribution in [0.1, 0.15) is 50.8 Å². The number of phenols is 1. The number of fused-ring (bicyclic) bond motifs is 3. The van der Waals surface area contributed by atoms with Crippen molar-refractivity contribution in [2.24, 2.45) is 17.8 Å². The minimum atomic E-state index is -1.00. The number of carbonyl (C=O) groups excluding carboxylic acids is 2. The number of rotatable bonds is 7. The van der Waals surface area contributed by atoms with Crippen molar-refractivity contribution in [3.63, 3.8) is 0 Å². The van der Waals surface area contributed by atoms with Crippen LogP contribution in [-0.4, -0.2) is 51.6 Å². The highest BCUT2D eigenvalue weighted by Crippen LogP contribution is 2.50. The molecule has 2 N–H and O–H groups in total. The third-order valence-corrected chi connectivity index (χ3v) is 8.47. The van der Waals surface area contributed by atoms with Crippen molar-refractivity contribution in [2.45, 2.75) is 52.0 Å². The molecule has 0 spiro atoms. The summed E-state index contributed by atoms with van der Waals surface area (Å²) in [5.74, 6) is -1.01. The second kappa shape index (κ2) is 11.2. The Hall–Kier alpha value is -2.75. The summed E-state index contributed by atoms with van der Waals surface area (Å²) in [6, 6.07) is 11.0. The Kier molecular flexibility index (Phi) is 7.89. The van der Waals surface area contributed by atoms with Crippen LogP contribution >= 0.6 is 15.9 Å². The van der Waals surface area contributed by atoms with E-state index >= 15 is 0 Å². The highest BCUT2D eigenvalue weighted by molar-refractivity contribution is 9.10. The Bertz CT molecular complexity index is 1300. The molecule has 2 amide bonds. The zero-order chi connectivity index (χ0) is 27.0. The summed E-state index contributed by atoms with van der Waals surface area (Å²) in [6.45, 7) is 4.43. The van der Waals surface area contributed by atoms with Gasteiger partial charge in [0.05, 0.1) is 23.6 Å². The Morgan fingerprint density at radius 1 is 1.24 bits per heavy atom. The minimum absolute atomic E-state index is 0.0769. The van der Waals surface area contributed by atoms with E-state index in [1.165, 1.54) is 4.90 Å². The van der Waals surface area contributed by atoms with Crippen LogP contribution in [0.3, 0.4) is 0 Å². The first kappa shape index (κ1) is 26.8. The first-order chi connectivity index (χ1) is 18.3. The molecule has 2 aliphatic heterocycles. The summed E-state index contributed by atoms with van der Waals surface area (Å²) < 4.78 is 6.93. The maximum atomic E-state index is 13.3. The van der Waals surface area contributed by atoms with Gasteiger partial charge in [0, 0.05) is 22.8 Å². The number of amides is 2. The van der Waals surface area contributed by atoms with Crippen LogP contribution in [-0.2, 0) is 14.2 Å². The molecule has 0 bridgehead atoms. The summed E-state index contributed by atoms with van der Waals surface area (Å²) in [7, 11) is -1.00. The fourth-order valence-electron chi connectivity index (χ4n) is 6.37. The van der Waals surface area contributed by atoms with Gasteiger partial charge in [-0.1, -0.05) is 34.5 Å². The molecule has 1 aromatic heterocycles. The minimum Gasteiger partial charge on any atom is -0.507 e. The van der Waals surface area contributed by atoms with Gasteiger partial charge in [-0.05, 0) is 92.4 Å². The molecule has 2 aromatic rings. The van der Waals surface area contributed by atoms with E-state index < -0.39 is 13.0 Å². The number of likely N-dealkylation sites (tertiary alicyclic amines) is 1. The van der Waals surface area contributed by atoms with Crippen molar-refractivity contribution in [1.82, 2.24) is 9.88 Å². The van der Waals surface area contributed by atoms with Crippen LogP contribution in [0.2, 0.25) is 6.32 Å². The molecule has 3 heterocycles.